The maximum absolute atomic E-state index is 13.3. The van der Waals surface area contributed by atoms with Crippen LogP contribution < -0.4 is 0 Å². The van der Waals surface area contributed by atoms with Gasteiger partial charge in [-0.05, 0) is 57.0 Å². The van der Waals surface area contributed by atoms with E-state index < -0.39 is 5.82 Å². The molecule has 0 amide bonds. The Bertz CT molecular complexity index is 573. The molecule has 0 bridgehead atoms. The Morgan fingerprint density at radius 3 is 2.65 bits per heavy atom. The van der Waals surface area contributed by atoms with Crippen LogP contribution in [0, 0.1) is 12.7 Å². The van der Waals surface area contributed by atoms with Crippen LogP contribution in [-0.4, -0.2) is 5.78 Å². The Kier molecular flexibility index (Phi) is 3.80. The van der Waals surface area contributed by atoms with Gasteiger partial charge in [-0.3, -0.25) is 4.79 Å². The molecule has 0 aliphatic rings. The monoisotopic (exact) mass is 376 g/mol. The van der Waals surface area contributed by atoms with Gasteiger partial charge in [-0.25, -0.2) is 4.39 Å². The van der Waals surface area contributed by atoms with Crippen molar-refractivity contribution in [2.45, 2.75) is 6.92 Å². The normalized spacial score (nSPS) is 10.6. The van der Waals surface area contributed by atoms with E-state index in [2.05, 4.69) is 31.9 Å². The van der Waals surface area contributed by atoms with Crippen LogP contribution in [0.3, 0.4) is 0 Å². The minimum atomic E-state index is -0.428. The topological polar surface area (TPSA) is 17.1 Å². The van der Waals surface area contributed by atoms with E-state index in [4.69, 9.17) is 0 Å². The second kappa shape index (κ2) is 5.00. The van der Waals surface area contributed by atoms with Crippen molar-refractivity contribution in [1.29, 1.82) is 0 Å². The molecule has 2 aromatic rings. The summed E-state index contributed by atoms with van der Waals surface area (Å²) >= 11 is 7.85. The summed E-state index contributed by atoms with van der Waals surface area (Å²) in [6, 6.07) is 6.22. The molecule has 5 heteroatoms. The van der Waals surface area contributed by atoms with Gasteiger partial charge >= 0.3 is 0 Å². The number of carbonyl (C=O) groups is 1. The lowest BCUT2D eigenvalue weighted by atomic mass is 10.1. The summed E-state index contributed by atoms with van der Waals surface area (Å²) in [4.78, 5) is 13.8. The SMILES string of the molecule is Cc1sc(C(=O)c2cccc(F)c2Br)cc1Br. The first kappa shape index (κ1) is 12.9. The van der Waals surface area contributed by atoms with Crippen LogP contribution in [0.2, 0.25) is 0 Å². The highest BCUT2D eigenvalue weighted by Gasteiger charge is 2.17. The molecular formula is C12H7Br2FOS. The van der Waals surface area contributed by atoms with E-state index in [1.54, 1.807) is 12.1 Å². The second-order valence-corrected chi connectivity index (χ2v) is 6.35. The lowest BCUT2D eigenvalue weighted by Crippen LogP contribution is -2.00. The van der Waals surface area contributed by atoms with Crippen LogP contribution >= 0.6 is 43.2 Å². The Morgan fingerprint density at radius 1 is 1.35 bits per heavy atom. The largest absolute Gasteiger partial charge is 0.288 e. The molecule has 0 spiro atoms. The molecule has 88 valence electrons. The predicted octanol–water partition coefficient (Wildman–Crippen LogP) is 4.95. The molecule has 0 fully saturated rings. The van der Waals surface area contributed by atoms with Crippen molar-refractivity contribution in [3.05, 3.63) is 54.3 Å². The van der Waals surface area contributed by atoms with Gasteiger partial charge < -0.3 is 0 Å². The summed E-state index contributed by atoms with van der Waals surface area (Å²) in [7, 11) is 0. The lowest BCUT2D eigenvalue weighted by molar-refractivity contribution is 0.104. The molecule has 1 nitrogen and oxygen atoms in total. The first-order chi connectivity index (χ1) is 8.00. The zero-order valence-corrected chi connectivity index (χ0v) is 12.7. The number of benzene rings is 1. The summed E-state index contributed by atoms with van der Waals surface area (Å²) < 4.78 is 14.5. The summed E-state index contributed by atoms with van der Waals surface area (Å²) in [6.45, 7) is 1.92. The van der Waals surface area contributed by atoms with Crippen LogP contribution in [0.1, 0.15) is 20.1 Å². The van der Waals surface area contributed by atoms with Gasteiger partial charge in [-0.2, -0.15) is 0 Å². The molecule has 0 aliphatic carbocycles. The van der Waals surface area contributed by atoms with Crippen LogP contribution in [0.25, 0.3) is 0 Å². The molecule has 1 aromatic carbocycles. The number of thiophene rings is 1. The summed E-state index contributed by atoms with van der Waals surface area (Å²) in [5.41, 5.74) is 0.346. The maximum atomic E-state index is 13.3. The average molecular weight is 378 g/mol. The molecule has 17 heavy (non-hydrogen) atoms. The Morgan fingerprint density at radius 2 is 2.06 bits per heavy atom. The first-order valence-corrected chi connectivity index (χ1v) is 7.15. The van der Waals surface area contributed by atoms with Crippen LogP contribution in [0.5, 0.6) is 0 Å². The number of hydrogen-bond acceptors (Lipinski definition) is 2. The van der Waals surface area contributed by atoms with E-state index >= 15 is 0 Å². The Hall–Kier alpha value is -0.520. The third-order valence-corrected chi connectivity index (χ3v) is 5.22. The molecule has 0 saturated carbocycles. The Balaban J connectivity index is 2.47. The molecular weight excluding hydrogens is 371 g/mol. The van der Waals surface area contributed by atoms with Crippen molar-refractivity contribution in [2.75, 3.05) is 0 Å². The molecule has 1 aromatic heterocycles. The zero-order chi connectivity index (χ0) is 12.6. The average Bonchev–Trinajstić information content (AvgIpc) is 2.62. The third-order valence-electron chi connectivity index (χ3n) is 2.28. The van der Waals surface area contributed by atoms with E-state index in [9.17, 15) is 9.18 Å². The highest BCUT2D eigenvalue weighted by atomic mass is 79.9. The van der Waals surface area contributed by atoms with E-state index in [0.717, 1.165) is 9.35 Å². The molecule has 0 radical (unpaired) electrons. The molecule has 0 N–H and O–H groups in total. The first-order valence-electron chi connectivity index (χ1n) is 4.75. The molecule has 2 rings (SSSR count). The highest BCUT2D eigenvalue weighted by molar-refractivity contribution is 9.10. The van der Waals surface area contributed by atoms with Crippen LogP contribution in [-0.2, 0) is 0 Å². The van der Waals surface area contributed by atoms with Gasteiger partial charge in [0.25, 0.3) is 0 Å². The van der Waals surface area contributed by atoms with Gasteiger partial charge in [0.2, 0.25) is 5.78 Å². The number of rotatable bonds is 2. The van der Waals surface area contributed by atoms with Crippen molar-refractivity contribution in [3.8, 4) is 0 Å². The van der Waals surface area contributed by atoms with Gasteiger partial charge in [0.05, 0.1) is 9.35 Å². The fourth-order valence-electron chi connectivity index (χ4n) is 1.38. The van der Waals surface area contributed by atoms with Crippen molar-refractivity contribution >= 4 is 49.0 Å². The minimum Gasteiger partial charge on any atom is -0.288 e. The van der Waals surface area contributed by atoms with Gasteiger partial charge in [-0.15, -0.1) is 11.3 Å². The minimum absolute atomic E-state index is 0.171. The van der Waals surface area contributed by atoms with Gasteiger partial charge in [0.15, 0.2) is 0 Å². The molecule has 0 saturated heterocycles. The number of hydrogen-bond donors (Lipinski definition) is 0. The number of ketones is 1. The number of aryl methyl sites for hydroxylation is 1. The molecule has 0 unspecified atom stereocenters. The van der Waals surface area contributed by atoms with Gasteiger partial charge in [0, 0.05) is 14.9 Å². The van der Waals surface area contributed by atoms with E-state index in [0.29, 0.717) is 10.4 Å². The molecule has 0 atom stereocenters. The Labute approximate surface area is 119 Å². The fraction of sp³-hybridized carbons (Fsp3) is 0.0833. The van der Waals surface area contributed by atoms with Crippen molar-refractivity contribution in [1.82, 2.24) is 0 Å². The van der Waals surface area contributed by atoms with Crippen LogP contribution in [0.15, 0.2) is 33.2 Å². The third kappa shape index (κ3) is 2.51. The smallest absolute Gasteiger partial charge is 0.204 e. The summed E-state index contributed by atoms with van der Waals surface area (Å²) in [6.07, 6.45) is 0. The lowest BCUT2D eigenvalue weighted by Gasteiger charge is -2.02. The number of carbonyl (C=O) groups excluding carboxylic acids is 1. The van der Waals surface area contributed by atoms with E-state index in [1.807, 2.05) is 6.92 Å². The van der Waals surface area contributed by atoms with Crippen molar-refractivity contribution in [2.24, 2.45) is 0 Å². The van der Waals surface area contributed by atoms with Gasteiger partial charge in [0.1, 0.15) is 5.82 Å². The van der Waals surface area contributed by atoms with E-state index in [1.165, 1.54) is 23.5 Å². The van der Waals surface area contributed by atoms with Crippen molar-refractivity contribution in [3.63, 3.8) is 0 Å². The molecule has 1 heterocycles. The summed E-state index contributed by atoms with van der Waals surface area (Å²) in [5, 5.41) is 0. The standard InChI is InChI=1S/C12H7Br2FOS/c1-6-8(13)5-10(17-6)12(16)7-3-2-4-9(15)11(7)14/h2-5H,1H3. The predicted molar refractivity (Wildman–Crippen MR) is 74.3 cm³/mol. The quantitative estimate of drug-likeness (QED) is 0.676. The second-order valence-electron chi connectivity index (χ2n) is 3.45. The van der Waals surface area contributed by atoms with Crippen LogP contribution in [0.4, 0.5) is 4.39 Å². The summed E-state index contributed by atoms with van der Waals surface area (Å²) in [5.74, 6) is -0.599. The maximum Gasteiger partial charge on any atom is 0.204 e. The van der Waals surface area contributed by atoms with E-state index in [-0.39, 0.29) is 10.3 Å². The fourth-order valence-corrected chi connectivity index (χ4v) is 3.32. The molecule has 0 aliphatic heterocycles. The highest BCUT2D eigenvalue weighted by Crippen LogP contribution is 2.30. The van der Waals surface area contributed by atoms with Crippen molar-refractivity contribution < 1.29 is 9.18 Å². The zero-order valence-electron chi connectivity index (χ0n) is 8.76. The number of halogens is 3. The van der Waals surface area contributed by atoms with Gasteiger partial charge in [-0.1, -0.05) is 6.07 Å².